The summed E-state index contributed by atoms with van der Waals surface area (Å²) in [7, 11) is 1.57. The average molecular weight is 514 g/mol. The highest BCUT2D eigenvalue weighted by Gasteiger charge is 2.24. The Morgan fingerprint density at radius 3 is 2.47 bits per heavy atom. The van der Waals surface area contributed by atoms with Crippen LogP contribution in [-0.2, 0) is 17.9 Å². The SMILES string of the molecule is CNC(=O)c1ccc(CNC(=O)Cn2ncc3cc(-c4cc(C(=O)NC5CC5)cc(F)c4C)ccc32)cc1. The molecule has 5 rings (SSSR count). The molecule has 0 spiro atoms. The Morgan fingerprint density at radius 2 is 1.76 bits per heavy atom. The number of fused-ring (bicyclic) bond motifs is 1. The predicted molar refractivity (Wildman–Crippen MR) is 142 cm³/mol. The third kappa shape index (κ3) is 5.41. The maximum absolute atomic E-state index is 14.7. The van der Waals surface area contributed by atoms with Crippen molar-refractivity contribution in [2.45, 2.75) is 38.9 Å². The van der Waals surface area contributed by atoms with Crippen LogP contribution in [0.15, 0.2) is 60.8 Å². The Hall–Kier alpha value is -4.53. The van der Waals surface area contributed by atoms with Gasteiger partial charge in [0.15, 0.2) is 0 Å². The lowest BCUT2D eigenvalue weighted by molar-refractivity contribution is -0.121. The van der Waals surface area contributed by atoms with E-state index in [4.69, 9.17) is 0 Å². The molecule has 0 saturated heterocycles. The third-order valence-electron chi connectivity index (χ3n) is 6.70. The normalized spacial score (nSPS) is 12.8. The Balaban J connectivity index is 1.29. The quantitative estimate of drug-likeness (QED) is 0.334. The second kappa shape index (κ2) is 10.5. The second-order valence-corrected chi connectivity index (χ2v) is 9.51. The lowest BCUT2D eigenvalue weighted by atomic mass is 9.96. The smallest absolute Gasteiger partial charge is 0.251 e. The average Bonchev–Trinajstić information content (AvgIpc) is 3.66. The van der Waals surface area contributed by atoms with Crippen molar-refractivity contribution in [1.29, 1.82) is 0 Å². The number of hydrogen-bond donors (Lipinski definition) is 3. The van der Waals surface area contributed by atoms with Crippen LogP contribution in [0.1, 0.15) is 44.7 Å². The zero-order valence-electron chi connectivity index (χ0n) is 21.2. The van der Waals surface area contributed by atoms with E-state index in [1.165, 1.54) is 6.07 Å². The Labute approximate surface area is 219 Å². The van der Waals surface area contributed by atoms with E-state index in [1.807, 2.05) is 18.2 Å². The summed E-state index contributed by atoms with van der Waals surface area (Å²) >= 11 is 0. The molecule has 8 nitrogen and oxygen atoms in total. The van der Waals surface area contributed by atoms with Crippen molar-refractivity contribution in [3.8, 4) is 11.1 Å². The number of rotatable bonds is 8. The molecule has 1 aliphatic carbocycles. The molecular formula is C29H28FN5O3. The molecular weight excluding hydrogens is 485 g/mol. The van der Waals surface area contributed by atoms with Gasteiger partial charge in [0, 0.05) is 36.1 Å². The van der Waals surface area contributed by atoms with Gasteiger partial charge >= 0.3 is 0 Å². The van der Waals surface area contributed by atoms with E-state index in [2.05, 4.69) is 21.0 Å². The number of aromatic nitrogens is 2. The van der Waals surface area contributed by atoms with Gasteiger partial charge in [-0.05, 0) is 78.4 Å². The molecule has 3 aromatic carbocycles. The van der Waals surface area contributed by atoms with Crippen molar-refractivity contribution in [2.24, 2.45) is 0 Å². The summed E-state index contributed by atoms with van der Waals surface area (Å²) in [5, 5.41) is 13.5. The monoisotopic (exact) mass is 513 g/mol. The molecule has 194 valence electrons. The maximum atomic E-state index is 14.7. The van der Waals surface area contributed by atoms with Gasteiger partial charge in [0.2, 0.25) is 5.91 Å². The van der Waals surface area contributed by atoms with Crippen LogP contribution in [0.4, 0.5) is 4.39 Å². The largest absolute Gasteiger partial charge is 0.355 e. The first-order valence-corrected chi connectivity index (χ1v) is 12.5. The van der Waals surface area contributed by atoms with Gasteiger partial charge in [-0.25, -0.2) is 4.39 Å². The molecule has 1 aliphatic rings. The minimum Gasteiger partial charge on any atom is -0.355 e. The summed E-state index contributed by atoms with van der Waals surface area (Å²) in [6.07, 6.45) is 3.58. The summed E-state index contributed by atoms with van der Waals surface area (Å²) in [5.41, 5.74) is 4.35. The number of benzene rings is 3. The summed E-state index contributed by atoms with van der Waals surface area (Å²) in [4.78, 5) is 36.8. The van der Waals surface area contributed by atoms with Gasteiger partial charge in [0.1, 0.15) is 12.4 Å². The van der Waals surface area contributed by atoms with Crippen molar-refractivity contribution in [1.82, 2.24) is 25.7 Å². The number of hydrogen-bond acceptors (Lipinski definition) is 4. The minimum absolute atomic E-state index is 0.0314. The van der Waals surface area contributed by atoms with E-state index >= 15 is 0 Å². The third-order valence-corrected chi connectivity index (χ3v) is 6.70. The van der Waals surface area contributed by atoms with Crippen LogP contribution in [0.5, 0.6) is 0 Å². The fourth-order valence-electron chi connectivity index (χ4n) is 4.30. The van der Waals surface area contributed by atoms with Crippen molar-refractivity contribution in [3.63, 3.8) is 0 Å². The standard InChI is InChI=1S/C29H28FN5O3/c1-17-24(12-21(13-25(17)30)29(38)34-23-8-9-23)20-7-10-26-22(11-20)15-33-35(26)16-27(36)32-14-18-3-5-19(6-4-18)28(37)31-2/h3-7,10-13,15,23H,8-9,14,16H2,1-2H3,(H,31,37)(H,32,36)(H,34,38). The van der Waals surface area contributed by atoms with Crippen molar-refractivity contribution < 1.29 is 18.8 Å². The zero-order valence-corrected chi connectivity index (χ0v) is 21.2. The predicted octanol–water partition coefficient (Wildman–Crippen LogP) is 3.72. The Kier molecular flexibility index (Phi) is 6.91. The first-order valence-electron chi connectivity index (χ1n) is 12.5. The minimum atomic E-state index is -0.431. The van der Waals surface area contributed by atoms with Gasteiger partial charge in [0.25, 0.3) is 11.8 Å². The fraction of sp³-hybridized carbons (Fsp3) is 0.241. The second-order valence-electron chi connectivity index (χ2n) is 9.51. The van der Waals surface area contributed by atoms with Crippen LogP contribution in [0.3, 0.4) is 0 Å². The van der Waals surface area contributed by atoms with Gasteiger partial charge < -0.3 is 16.0 Å². The van der Waals surface area contributed by atoms with Gasteiger partial charge in [-0.2, -0.15) is 5.10 Å². The van der Waals surface area contributed by atoms with E-state index in [0.717, 1.165) is 34.9 Å². The number of carbonyl (C=O) groups is 3. The van der Waals surface area contributed by atoms with Crippen LogP contribution in [-0.4, -0.2) is 40.6 Å². The molecule has 9 heteroatoms. The van der Waals surface area contributed by atoms with E-state index in [1.54, 1.807) is 55.2 Å². The molecule has 0 bridgehead atoms. The highest BCUT2D eigenvalue weighted by Crippen LogP contribution is 2.30. The molecule has 0 unspecified atom stereocenters. The molecule has 1 saturated carbocycles. The van der Waals surface area contributed by atoms with Crippen molar-refractivity contribution in [2.75, 3.05) is 7.05 Å². The van der Waals surface area contributed by atoms with Crippen LogP contribution in [0.2, 0.25) is 0 Å². The molecule has 0 atom stereocenters. The maximum Gasteiger partial charge on any atom is 0.251 e. The summed E-state index contributed by atoms with van der Waals surface area (Å²) < 4.78 is 16.3. The lowest BCUT2D eigenvalue weighted by Crippen LogP contribution is -2.27. The lowest BCUT2D eigenvalue weighted by Gasteiger charge is -2.12. The van der Waals surface area contributed by atoms with Crippen LogP contribution in [0, 0.1) is 12.7 Å². The Bertz CT molecular complexity index is 1540. The number of carbonyl (C=O) groups excluding carboxylic acids is 3. The molecule has 4 aromatic rings. The van der Waals surface area contributed by atoms with Gasteiger partial charge in [0.05, 0.1) is 11.7 Å². The van der Waals surface area contributed by atoms with E-state index in [0.29, 0.717) is 28.8 Å². The van der Waals surface area contributed by atoms with E-state index < -0.39 is 5.82 Å². The van der Waals surface area contributed by atoms with Crippen molar-refractivity contribution >= 4 is 28.6 Å². The van der Waals surface area contributed by atoms with Crippen LogP contribution >= 0.6 is 0 Å². The Morgan fingerprint density at radius 1 is 1.00 bits per heavy atom. The number of nitrogens with zero attached hydrogens (tertiary/aromatic N) is 2. The first-order chi connectivity index (χ1) is 18.3. The van der Waals surface area contributed by atoms with Gasteiger partial charge in [-0.1, -0.05) is 18.2 Å². The molecule has 38 heavy (non-hydrogen) atoms. The molecule has 0 radical (unpaired) electrons. The summed E-state index contributed by atoms with van der Waals surface area (Å²) in [6, 6.07) is 15.8. The zero-order chi connectivity index (χ0) is 26.8. The molecule has 0 aliphatic heterocycles. The topological polar surface area (TPSA) is 105 Å². The molecule has 3 N–H and O–H groups in total. The fourth-order valence-corrected chi connectivity index (χ4v) is 4.30. The van der Waals surface area contributed by atoms with Crippen LogP contribution < -0.4 is 16.0 Å². The van der Waals surface area contributed by atoms with E-state index in [-0.39, 0.29) is 30.3 Å². The number of halogens is 1. The molecule has 1 fully saturated rings. The van der Waals surface area contributed by atoms with Gasteiger partial charge in [-0.15, -0.1) is 0 Å². The van der Waals surface area contributed by atoms with E-state index in [9.17, 15) is 18.8 Å². The summed E-state index contributed by atoms with van der Waals surface area (Å²) in [6.45, 7) is 2.05. The highest BCUT2D eigenvalue weighted by molar-refractivity contribution is 5.97. The van der Waals surface area contributed by atoms with Crippen molar-refractivity contribution in [3.05, 3.63) is 88.9 Å². The summed E-state index contributed by atoms with van der Waals surface area (Å²) in [5.74, 6) is -1.07. The molecule has 1 heterocycles. The molecule has 3 amide bonds. The highest BCUT2D eigenvalue weighted by atomic mass is 19.1. The number of amides is 3. The van der Waals surface area contributed by atoms with Gasteiger partial charge in [-0.3, -0.25) is 19.1 Å². The first kappa shape index (κ1) is 25.1. The molecule has 1 aromatic heterocycles. The number of nitrogens with one attached hydrogen (secondary N) is 3. The van der Waals surface area contributed by atoms with Crippen LogP contribution in [0.25, 0.3) is 22.0 Å².